The van der Waals surface area contributed by atoms with Crippen LogP contribution in [0.15, 0.2) is 22.8 Å². The standard InChI is InChI=1S/C15H11ClN4O3/c16-13-12-15(20-14(19-12)9-5-4-8-23-9)18-10(17-13)6-2-1-3-7-11(21)22/h4-5,8H,1,3,7H2,(H,21,22)(H,17,18,19,20). The molecule has 3 aromatic rings. The number of halogens is 1. The van der Waals surface area contributed by atoms with Crippen LogP contribution in [0.1, 0.15) is 25.1 Å². The molecule has 0 aliphatic heterocycles. The predicted molar refractivity (Wildman–Crippen MR) is 82.8 cm³/mol. The highest BCUT2D eigenvalue weighted by Gasteiger charge is 2.13. The molecule has 0 radical (unpaired) electrons. The molecular formula is C15H11ClN4O3. The topological polar surface area (TPSA) is 105 Å². The minimum Gasteiger partial charge on any atom is -0.481 e. The molecule has 8 heteroatoms. The van der Waals surface area contributed by atoms with Gasteiger partial charge in [-0.05, 0) is 24.5 Å². The second-order valence-electron chi connectivity index (χ2n) is 4.65. The van der Waals surface area contributed by atoms with Gasteiger partial charge in [0.1, 0.15) is 5.52 Å². The van der Waals surface area contributed by atoms with E-state index >= 15 is 0 Å². The van der Waals surface area contributed by atoms with E-state index in [1.54, 1.807) is 18.4 Å². The molecule has 0 amide bonds. The molecule has 116 valence electrons. The van der Waals surface area contributed by atoms with Crippen LogP contribution in [0.5, 0.6) is 0 Å². The summed E-state index contributed by atoms with van der Waals surface area (Å²) in [5.74, 6) is 6.10. The van der Waals surface area contributed by atoms with Gasteiger partial charge in [-0.2, -0.15) is 0 Å². The molecule has 0 fully saturated rings. The van der Waals surface area contributed by atoms with E-state index in [1.807, 2.05) is 0 Å². The molecule has 0 aliphatic carbocycles. The minimum absolute atomic E-state index is 0.0857. The van der Waals surface area contributed by atoms with Crippen molar-refractivity contribution in [2.75, 3.05) is 0 Å². The van der Waals surface area contributed by atoms with Gasteiger partial charge in [-0.1, -0.05) is 17.5 Å². The summed E-state index contributed by atoms with van der Waals surface area (Å²) in [4.78, 5) is 26.1. The number of carboxylic acid groups (broad SMARTS) is 1. The van der Waals surface area contributed by atoms with Gasteiger partial charge >= 0.3 is 5.97 Å². The number of nitrogens with zero attached hydrogens (tertiary/aromatic N) is 3. The van der Waals surface area contributed by atoms with Crippen LogP contribution in [-0.4, -0.2) is 31.0 Å². The Labute approximate surface area is 135 Å². The number of unbranched alkanes of at least 4 members (excludes halogenated alkanes) is 1. The fourth-order valence-electron chi connectivity index (χ4n) is 1.92. The van der Waals surface area contributed by atoms with Crippen molar-refractivity contribution >= 4 is 28.7 Å². The average molecular weight is 331 g/mol. The molecule has 0 atom stereocenters. The summed E-state index contributed by atoms with van der Waals surface area (Å²) in [6, 6.07) is 3.52. The molecule has 0 spiro atoms. The normalized spacial score (nSPS) is 10.5. The number of hydrogen-bond donors (Lipinski definition) is 2. The summed E-state index contributed by atoms with van der Waals surface area (Å²) in [6.45, 7) is 0. The molecular weight excluding hydrogens is 320 g/mol. The Hall–Kier alpha value is -2.85. The van der Waals surface area contributed by atoms with Crippen molar-refractivity contribution in [2.45, 2.75) is 19.3 Å². The number of aliphatic carboxylic acids is 1. The lowest BCUT2D eigenvalue weighted by molar-refractivity contribution is -0.137. The number of aromatic amines is 1. The second kappa shape index (κ2) is 6.50. The molecule has 3 heterocycles. The lowest BCUT2D eigenvalue weighted by atomic mass is 10.2. The molecule has 0 saturated carbocycles. The number of imidazole rings is 1. The molecule has 23 heavy (non-hydrogen) atoms. The Morgan fingerprint density at radius 1 is 1.39 bits per heavy atom. The van der Waals surface area contributed by atoms with Crippen molar-refractivity contribution in [2.24, 2.45) is 0 Å². The number of carboxylic acids is 1. The Bertz CT molecular complexity index is 906. The first-order chi connectivity index (χ1) is 11.1. The first-order valence-corrected chi connectivity index (χ1v) is 7.19. The zero-order valence-electron chi connectivity index (χ0n) is 11.8. The number of rotatable bonds is 4. The van der Waals surface area contributed by atoms with E-state index in [0.717, 1.165) is 0 Å². The smallest absolute Gasteiger partial charge is 0.303 e. The zero-order chi connectivity index (χ0) is 16.2. The molecule has 0 bridgehead atoms. The third kappa shape index (κ3) is 3.49. The van der Waals surface area contributed by atoms with Crippen molar-refractivity contribution in [1.82, 2.24) is 19.9 Å². The molecule has 0 unspecified atom stereocenters. The first-order valence-electron chi connectivity index (χ1n) is 6.81. The van der Waals surface area contributed by atoms with Crippen LogP contribution in [0.3, 0.4) is 0 Å². The highest BCUT2D eigenvalue weighted by atomic mass is 35.5. The van der Waals surface area contributed by atoms with E-state index in [2.05, 4.69) is 31.8 Å². The van der Waals surface area contributed by atoms with E-state index in [0.29, 0.717) is 35.6 Å². The van der Waals surface area contributed by atoms with Gasteiger partial charge in [-0.25, -0.2) is 15.0 Å². The van der Waals surface area contributed by atoms with Crippen LogP contribution in [0, 0.1) is 11.8 Å². The molecule has 3 rings (SSSR count). The maximum absolute atomic E-state index is 10.4. The van der Waals surface area contributed by atoms with E-state index in [-0.39, 0.29) is 17.4 Å². The van der Waals surface area contributed by atoms with Crippen LogP contribution in [0.2, 0.25) is 5.15 Å². The number of carbonyl (C=O) groups is 1. The van der Waals surface area contributed by atoms with Gasteiger partial charge in [0.25, 0.3) is 0 Å². The van der Waals surface area contributed by atoms with E-state index < -0.39 is 5.97 Å². The number of aromatic nitrogens is 4. The zero-order valence-corrected chi connectivity index (χ0v) is 12.6. The lowest BCUT2D eigenvalue weighted by Gasteiger charge is -1.93. The summed E-state index contributed by atoms with van der Waals surface area (Å²) in [5.41, 5.74) is 0.903. The monoisotopic (exact) mass is 330 g/mol. The number of H-pyrrole nitrogens is 1. The van der Waals surface area contributed by atoms with Crippen molar-refractivity contribution in [3.05, 3.63) is 29.4 Å². The number of fused-ring (bicyclic) bond motifs is 1. The van der Waals surface area contributed by atoms with Crippen molar-refractivity contribution < 1.29 is 14.3 Å². The second-order valence-corrected chi connectivity index (χ2v) is 5.01. The van der Waals surface area contributed by atoms with Gasteiger partial charge in [0.2, 0.25) is 5.82 Å². The molecule has 0 aromatic carbocycles. The molecule has 2 N–H and O–H groups in total. The summed E-state index contributed by atoms with van der Waals surface area (Å²) < 4.78 is 5.27. The summed E-state index contributed by atoms with van der Waals surface area (Å²) in [6.07, 6.45) is 2.56. The molecule has 0 saturated heterocycles. The van der Waals surface area contributed by atoms with Gasteiger partial charge in [-0.15, -0.1) is 0 Å². The van der Waals surface area contributed by atoms with Crippen molar-refractivity contribution in [1.29, 1.82) is 0 Å². The maximum Gasteiger partial charge on any atom is 0.303 e. The van der Waals surface area contributed by atoms with E-state index in [1.165, 1.54) is 0 Å². The fraction of sp³-hybridized carbons (Fsp3) is 0.200. The molecule has 0 aliphatic rings. The van der Waals surface area contributed by atoms with Crippen LogP contribution in [0.4, 0.5) is 0 Å². The quantitative estimate of drug-likeness (QED) is 0.433. The van der Waals surface area contributed by atoms with Gasteiger partial charge in [0.05, 0.1) is 6.26 Å². The Morgan fingerprint density at radius 3 is 3.00 bits per heavy atom. The van der Waals surface area contributed by atoms with Gasteiger partial charge in [-0.3, -0.25) is 4.79 Å². The molecule has 7 nitrogen and oxygen atoms in total. The minimum atomic E-state index is -0.838. The van der Waals surface area contributed by atoms with Crippen LogP contribution < -0.4 is 0 Å². The SMILES string of the molecule is O=C(O)CCCC#Cc1nc(Cl)c2nc(-c3ccco3)[nH]c2n1. The Kier molecular flexibility index (Phi) is 4.26. The first kappa shape index (κ1) is 15.1. The third-order valence-electron chi connectivity index (χ3n) is 2.95. The summed E-state index contributed by atoms with van der Waals surface area (Å²) in [7, 11) is 0. The highest BCUT2D eigenvalue weighted by Crippen LogP contribution is 2.23. The van der Waals surface area contributed by atoms with Gasteiger partial charge < -0.3 is 14.5 Å². The highest BCUT2D eigenvalue weighted by molar-refractivity contribution is 6.33. The van der Waals surface area contributed by atoms with E-state index in [9.17, 15) is 4.79 Å². The average Bonchev–Trinajstić information content (AvgIpc) is 3.15. The Morgan fingerprint density at radius 2 is 2.26 bits per heavy atom. The maximum atomic E-state index is 10.4. The van der Waals surface area contributed by atoms with Crippen molar-refractivity contribution in [3.63, 3.8) is 0 Å². The predicted octanol–water partition coefficient (Wildman–Crippen LogP) is 2.87. The number of nitrogens with one attached hydrogen (secondary N) is 1. The lowest BCUT2D eigenvalue weighted by Crippen LogP contribution is -1.93. The van der Waals surface area contributed by atoms with Crippen molar-refractivity contribution in [3.8, 4) is 23.4 Å². The van der Waals surface area contributed by atoms with Gasteiger partial charge in [0, 0.05) is 12.8 Å². The summed E-state index contributed by atoms with van der Waals surface area (Å²) in [5, 5.41) is 8.75. The Balaban J connectivity index is 1.83. The third-order valence-corrected chi connectivity index (χ3v) is 3.21. The largest absolute Gasteiger partial charge is 0.481 e. The van der Waals surface area contributed by atoms with Gasteiger partial charge in [0.15, 0.2) is 22.4 Å². The van der Waals surface area contributed by atoms with Crippen LogP contribution in [-0.2, 0) is 4.79 Å². The van der Waals surface area contributed by atoms with Crippen LogP contribution in [0.25, 0.3) is 22.7 Å². The van der Waals surface area contributed by atoms with E-state index in [4.69, 9.17) is 21.1 Å². The summed E-state index contributed by atoms with van der Waals surface area (Å²) >= 11 is 6.11. The number of furan rings is 1. The van der Waals surface area contributed by atoms with Crippen LogP contribution >= 0.6 is 11.6 Å². The fourth-order valence-corrected chi connectivity index (χ4v) is 2.13. The molecule has 3 aromatic heterocycles. The number of hydrogen-bond acceptors (Lipinski definition) is 5.